The number of carbonyl (C=O) groups excluding carboxylic acids is 1. The van der Waals surface area contributed by atoms with Gasteiger partial charge in [-0.15, -0.1) is 0 Å². The molecule has 108 valence electrons. The Balaban J connectivity index is 1.85. The van der Waals surface area contributed by atoms with E-state index in [0.29, 0.717) is 13.1 Å². The second-order valence-corrected chi connectivity index (χ2v) is 4.82. The van der Waals surface area contributed by atoms with Crippen molar-refractivity contribution in [1.82, 2.24) is 10.2 Å². The molecular weight excluding hydrogens is 258 g/mol. The lowest BCUT2D eigenvalue weighted by molar-refractivity contribution is -0.138. The van der Waals surface area contributed by atoms with Crippen LogP contribution in [0.25, 0.3) is 0 Å². The normalized spacial score (nSPS) is 16.6. The summed E-state index contributed by atoms with van der Waals surface area (Å²) >= 11 is 0. The number of carbonyl (C=O) groups is 2. The van der Waals surface area contributed by atoms with Gasteiger partial charge in [-0.25, -0.2) is 4.79 Å². The lowest BCUT2D eigenvalue weighted by atomic mass is 10.2. The van der Waals surface area contributed by atoms with E-state index >= 15 is 0 Å². The molecule has 6 heteroatoms. The molecule has 1 aromatic carbocycles. The van der Waals surface area contributed by atoms with Gasteiger partial charge in [0.25, 0.3) is 0 Å². The fourth-order valence-electron chi connectivity index (χ4n) is 2.14. The molecule has 0 aromatic heterocycles. The molecular formula is C14H19N3O3. The van der Waals surface area contributed by atoms with Crippen molar-refractivity contribution < 1.29 is 14.7 Å². The highest BCUT2D eigenvalue weighted by Gasteiger charge is 2.23. The third-order valence-corrected chi connectivity index (χ3v) is 3.40. The summed E-state index contributed by atoms with van der Waals surface area (Å²) in [6.45, 7) is 4.14. The Kier molecular flexibility index (Phi) is 4.45. The molecule has 2 amide bonds. The third kappa shape index (κ3) is 3.40. The van der Waals surface area contributed by atoms with Gasteiger partial charge in [-0.05, 0) is 19.1 Å². The highest BCUT2D eigenvalue weighted by atomic mass is 16.4. The molecule has 2 N–H and O–H groups in total. The van der Waals surface area contributed by atoms with Crippen molar-refractivity contribution in [2.75, 3.05) is 31.1 Å². The molecule has 1 fully saturated rings. The largest absolute Gasteiger partial charge is 0.480 e. The van der Waals surface area contributed by atoms with Crippen molar-refractivity contribution in [2.45, 2.75) is 13.0 Å². The van der Waals surface area contributed by atoms with Crippen LogP contribution in [0.1, 0.15) is 6.92 Å². The zero-order valence-electron chi connectivity index (χ0n) is 11.5. The summed E-state index contributed by atoms with van der Waals surface area (Å²) in [4.78, 5) is 26.5. The number of nitrogens with zero attached hydrogens (tertiary/aromatic N) is 2. The summed E-state index contributed by atoms with van der Waals surface area (Å²) in [7, 11) is 0. The summed E-state index contributed by atoms with van der Waals surface area (Å²) in [5.41, 5.74) is 1.14. The van der Waals surface area contributed by atoms with Crippen LogP contribution >= 0.6 is 0 Å². The minimum atomic E-state index is -1.03. The van der Waals surface area contributed by atoms with Gasteiger partial charge in [-0.2, -0.15) is 0 Å². The van der Waals surface area contributed by atoms with Crippen LogP contribution in [0.15, 0.2) is 30.3 Å². The van der Waals surface area contributed by atoms with E-state index in [2.05, 4.69) is 10.2 Å². The summed E-state index contributed by atoms with van der Waals surface area (Å²) in [5.74, 6) is -1.03. The van der Waals surface area contributed by atoms with Crippen LogP contribution in [0.5, 0.6) is 0 Å². The molecule has 1 heterocycles. The SMILES string of the molecule is C[C@H](NC(=O)N1CCN(c2ccccc2)CC1)C(=O)O. The number of nitrogens with one attached hydrogen (secondary N) is 1. The van der Waals surface area contributed by atoms with Gasteiger partial charge < -0.3 is 20.2 Å². The van der Waals surface area contributed by atoms with E-state index in [1.165, 1.54) is 6.92 Å². The van der Waals surface area contributed by atoms with Crippen LogP contribution in [-0.4, -0.2) is 54.2 Å². The third-order valence-electron chi connectivity index (χ3n) is 3.40. The number of amides is 2. The number of aliphatic carboxylic acids is 1. The predicted molar refractivity (Wildman–Crippen MR) is 75.9 cm³/mol. The van der Waals surface area contributed by atoms with Crippen LogP contribution in [0.4, 0.5) is 10.5 Å². The number of para-hydroxylation sites is 1. The van der Waals surface area contributed by atoms with E-state index in [1.54, 1.807) is 4.90 Å². The van der Waals surface area contributed by atoms with E-state index < -0.39 is 12.0 Å². The summed E-state index contributed by atoms with van der Waals surface area (Å²) in [5, 5.41) is 11.3. The van der Waals surface area contributed by atoms with Gasteiger partial charge in [0.05, 0.1) is 0 Å². The topological polar surface area (TPSA) is 72.9 Å². The molecule has 0 radical (unpaired) electrons. The maximum absolute atomic E-state index is 11.9. The van der Waals surface area contributed by atoms with E-state index in [4.69, 9.17) is 5.11 Å². The average Bonchev–Trinajstić information content (AvgIpc) is 2.48. The Morgan fingerprint density at radius 2 is 1.75 bits per heavy atom. The molecule has 1 atom stereocenters. The molecule has 0 unspecified atom stereocenters. The number of carboxylic acids is 1. The minimum Gasteiger partial charge on any atom is -0.480 e. The smallest absolute Gasteiger partial charge is 0.325 e. The molecule has 0 saturated carbocycles. The number of benzene rings is 1. The van der Waals surface area contributed by atoms with Crippen molar-refractivity contribution in [3.8, 4) is 0 Å². The Morgan fingerprint density at radius 3 is 2.30 bits per heavy atom. The second kappa shape index (κ2) is 6.27. The summed E-state index contributed by atoms with van der Waals surface area (Å²) in [6, 6.07) is 8.86. The molecule has 0 spiro atoms. The van der Waals surface area contributed by atoms with Crippen LogP contribution in [0.3, 0.4) is 0 Å². The monoisotopic (exact) mass is 277 g/mol. The number of rotatable bonds is 3. The summed E-state index contributed by atoms with van der Waals surface area (Å²) < 4.78 is 0. The van der Waals surface area contributed by atoms with Gasteiger partial charge in [0.1, 0.15) is 6.04 Å². The number of piperazine rings is 1. The predicted octanol–water partition coefficient (Wildman–Crippen LogP) is 0.991. The molecule has 0 aliphatic carbocycles. The zero-order valence-corrected chi connectivity index (χ0v) is 11.5. The number of urea groups is 1. The van der Waals surface area contributed by atoms with Gasteiger partial charge in [0.2, 0.25) is 0 Å². The fourth-order valence-corrected chi connectivity index (χ4v) is 2.14. The number of hydrogen-bond acceptors (Lipinski definition) is 3. The van der Waals surface area contributed by atoms with E-state index in [0.717, 1.165) is 18.8 Å². The van der Waals surface area contributed by atoms with Crippen LogP contribution in [0, 0.1) is 0 Å². The van der Waals surface area contributed by atoms with Crippen molar-refractivity contribution in [1.29, 1.82) is 0 Å². The molecule has 1 aliphatic heterocycles. The van der Waals surface area contributed by atoms with E-state index in [1.807, 2.05) is 30.3 Å². The average molecular weight is 277 g/mol. The second-order valence-electron chi connectivity index (χ2n) is 4.82. The minimum absolute atomic E-state index is 0.312. The Hall–Kier alpha value is -2.24. The van der Waals surface area contributed by atoms with Gasteiger partial charge >= 0.3 is 12.0 Å². The molecule has 1 saturated heterocycles. The first-order valence-electron chi connectivity index (χ1n) is 6.66. The van der Waals surface area contributed by atoms with Crippen LogP contribution in [-0.2, 0) is 4.79 Å². The fraction of sp³-hybridized carbons (Fsp3) is 0.429. The van der Waals surface area contributed by atoms with Crippen LogP contribution < -0.4 is 10.2 Å². The summed E-state index contributed by atoms with van der Waals surface area (Å²) in [6.07, 6.45) is 0. The lowest BCUT2D eigenvalue weighted by Gasteiger charge is -2.36. The van der Waals surface area contributed by atoms with Crippen molar-refractivity contribution in [3.63, 3.8) is 0 Å². The molecule has 0 bridgehead atoms. The van der Waals surface area contributed by atoms with Crippen LogP contribution in [0.2, 0.25) is 0 Å². The molecule has 1 aliphatic rings. The standard InChI is InChI=1S/C14H19N3O3/c1-11(13(18)19)15-14(20)17-9-7-16(8-10-17)12-5-3-2-4-6-12/h2-6,11H,7-10H2,1H3,(H,15,20)(H,18,19)/t11-/m0/s1. The van der Waals surface area contributed by atoms with Gasteiger partial charge in [0.15, 0.2) is 0 Å². The number of hydrogen-bond donors (Lipinski definition) is 2. The highest BCUT2D eigenvalue weighted by Crippen LogP contribution is 2.15. The lowest BCUT2D eigenvalue weighted by Crippen LogP contribution is -2.54. The Bertz CT molecular complexity index is 470. The number of anilines is 1. The maximum Gasteiger partial charge on any atom is 0.325 e. The first-order valence-corrected chi connectivity index (χ1v) is 6.66. The molecule has 6 nitrogen and oxygen atoms in total. The number of carboxylic acid groups (broad SMARTS) is 1. The quantitative estimate of drug-likeness (QED) is 0.864. The molecule has 1 aromatic rings. The van der Waals surface area contributed by atoms with Crippen molar-refractivity contribution in [2.24, 2.45) is 0 Å². The maximum atomic E-state index is 11.9. The van der Waals surface area contributed by atoms with Gasteiger partial charge in [-0.1, -0.05) is 18.2 Å². The van der Waals surface area contributed by atoms with Gasteiger partial charge in [0, 0.05) is 31.9 Å². The van der Waals surface area contributed by atoms with Crippen molar-refractivity contribution >= 4 is 17.7 Å². The van der Waals surface area contributed by atoms with E-state index in [9.17, 15) is 9.59 Å². The van der Waals surface area contributed by atoms with Gasteiger partial charge in [-0.3, -0.25) is 4.79 Å². The van der Waals surface area contributed by atoms with Crippen molar-refractivity contribution in [3.05, 3.63) is 30.3 Å². The first-order chi connectivity index (χ1) is 9.58. The van der Waals surface area contributed by atoms with E-state index in [-0.39, 0.29) is 6.03 Å². The molecule has 20 heavy (non-hydrogen) atoms. The first kappa shape index (κ1) is 14.2. The molecule has 2 rings (SSSR count). The Labute approximate surface area is 118 Å². The highest BCUT2D eigenvalue weighted by molar-refractivity contribution is 5.82. The zero-order chi connectivity index (χ0) is 14.5. The Morgan fingerprint density at radius 1 is 1.15 bits per heavy atom.